The smallest absolute Gasteiger partial charge is 0.416 e. The topological polar surface area (TPSA) is 127 Å². The quantitative estimate of drug-likeness (QED) is 0.266. The van der Waals surface area contributed by atoms with E-state index in [2.05, 4.69) is 4.72 Å². The van der Waals surface area contributed by atoms with E-state index in [1.807, 2.05) is 30.3 Å². The Labute approximate surface area is 229 Å². The van der Waals surface area contributed by atoms with Crippen LogP contribution in [0.2, 0.25) is 0 Å². The maximum absolute atomic E-state index is 12.9. The number of benzene rings is 4. The lowest BCUT2D eigenvalue weighted by atomic mass is 9.95. The molecule has 0 spiro atoms. The van der Waals surface area contributed by atoms with Crippen LogP contribution in [-0.2, 0) is 34.0 Å². The van der Waals surface area contributed by atoms with Crippen LogP contribution < -0.4 is 10.5 Å². The highest BCUT2D eigenvalue weighted by Gasteiger charge is 2.31. The molecular weight excluding hydrogens is 545 g/mol. The zero-order valence-corrected chi connectivity index (χ0v) is 21.7. The average molecular weight is 571 g/mol. The van der Waals surface area contributed by atoms with Gasteiger partial charge in [-0.05, 0) is 46.5 Å². The van der Waals surface area contributed by atoms with E-state index in [0.29, 0.717) is 29.2 Å². The zero-order chi connectivity index (χ0) is 29.3. The second-order valence-electron chi connectivity index (χ2n) is 8.49. The van der Waals surface area contributed by atoms with E-state index in [1.165, 1.54) is 6.07 Å². The average Bonchev–Trinajstić information content (AvgIpc) is 2.92. The fourth-order valence-electron chi connectivity index (χ4n) is 3.73. The van der Waals surface area contributed by atoms with Crippen LogP contribution in [0.15, 0.2) is 108 Å². The Morgan fingerprint density at radius 2 is 1.40 bits per heavy atom. The van der Waals surface area contributed by atoms with Gasteiger partial charge in [0, 0.05) is 6.54 Å². The van der Waals surface area contributed by atoms with Crippen molar-refractivity contribution in [2.75, 3.05) is 0 Å². The Morgan fingerprint density at radius 3 is 2.02 bits per heavy atom. The van der Waals surface area contributed by atoms with Gasteiger partial charge >= 0.3 is 12.1 Å². The van der Waals surface area contributed by atoms with Gasteiger partial charge in [-0.2, -0.15) is 13.2 Å². The van der Waals surface area contributed by atoms with Crippen LogP contribution in [0.5, 0.6) is 0 Å². The third-order valence-corrected chi connectivity index (χ3v) is 7.01. The molecule has 0 aromatic heterocycles. The first-order valence-electron chi connectivity index (χ1n) is 11.8. The largest absolute Gasteiger partial charge is 0.478 e. The maximum Gasteiger partial charge on any atom is 0.416 e. The van der Waals surface area contributed by atoms with Crippen molar-refractivity contribution in [1.82, 2.24) is 4.72 Å². The third-order valence-electron chi connectivity index (χ3n) is 5.61. The van der Waals surface area contributed by atoms with Crippen molar-refractivity contribution in [3.8, 4) is 11.1 Å². The molecule has 7 nitrogen and oxygen atoms in total. The summed E-state index contributed by atoms with van der Waals surface area (Å²) >= 11 is 0. The molecule has 4 aromatic rings. The number of rotatable bonds is 8. The molecule has 0 saturated heterocycles. The summed E-state index contributed by atoms with van der Waals surface area (Å²) in [6.45, 7) is -0.233. The van der Waals surface area contributed by atoms with Gasteiger partial charge < -0.3 is 10.8 Å². The fraction of sp³-hybridized carbons (Fsp3) is 0.103. The summed E-state index contributed by atoms with van der Waals surface area (Å²) in [4.78, 5) is 21.4. The second-order valence-corrected chi connectivity index (χ2v) is 10.3. The minimum absolute atomic E-state index is 0.0469. The van der Waals surface area contributed by atoms with Crippen molar-refractivity contribution < 1.29 is 36.3 Å². The van der Waals surface area contributed by atoms with Crippen LogP contribution in [0.3, 0.4) is 0 Å². The lowest BCUT2D eigenvalue weighted by molar-refractivity contribution is -0.137. The molecule has 0 saturated carbocycles. The van der Waals surface area contributed by atoms with Gasteiger partial charge in [-0.3, -0.25) is 4.79 Å². The molecule has 208 valence electrons. The maximum atomic E-state index is 12.9. The SMILES string of the molecule is NC(=O)Cc1ccccc1.O=C(O)c1ccccc1-c1ccccc1CNS(=O)(=O)c1cccc(C(F)(F)F)c1. The molecule has 0 unspecified atom stereocenters. The second kappa shape index (κ2) is 13.0. The van der Waals surface area contributed by atoms with Gasteiger partial charge in [0.1, 0.15) is 0 Å². The normalized spacial score (nSPS) is 11.3. The molecule has 0 bridgehead atoms. The predicted molar refractivity (Wildman–Crippen MR) is 144 cm³/mol. The van der Waals surface area contributed by atoms with E-state index < -0.39 is 32.6 Å². The zero-order valence-electron chi connectivity index (χ0n) is 20.9. The molecule has 40 heavy (non-hydrogen) atoms. The molecule has 0 heterocycles. The molecule has 4 aromatic carbocycles. The van der Waals surface area contributed by atoms with Gasteiger partial charge in [0.25, 0.3) is 0 Å². The Morgan fingerprint density at radius 1 is 0.800 bits per heavy atom. The number of carbonyl (C=O) groups excluding carboxylic acids is 1. The van der Waals surface area contributed by atoms with Gasteiger partial charge in [0.05, 0.1) is 22.4 Å². The monoisotopic (exact) mass is 570 g/mol. The van der Waals surface area contributed by atoms with Gasteiger partial charge in [-0.25, -0.2) is 17.9 Å². The third kappa shape index (κ3) is 8.26. The lowest BCUT2D eigenvalue weighted by Crippen LogP contribution is -2.24. The van der Waals surface area contributed by atoms with Crippen molar-refractivity contribution in [3.05, 3.63) is 125 Å². The first kappa shape index (κ1) is 30.1. The lowest BCUT2D eigenvalue weighted by Gasteiger charge is -2.14. The number of aromatic carboxylic acids is 1. The van der Waals surface area contributed by atoms with Crippen LogP contribution in [0.1, 0.15) is 27.0 Å². The van der Waals surface area contributed by atoms with Crippen LogP contribution in [0, 0.1) is 0 Å². The van der Waals surface area contributed by atoms with E-state index in [9.17, 15) is 36.3 Å². The molecule has 0 atom stereocenters. The van der Waals surface area contributed by atoms with E-state index in [1.54, 1.807) is 42.5 Å². The number of primary amides is 1. The van der Waals surface area contributed by atoms with Crippen molar-refractivity contribution in [3.63, 3.8) is 0 Å². The number of carboxylic acid groups (broad SMARTS) is 1. The predicted octanol–water partition coefficient (Wildman–Crippen LogP) is 5.26. The molecular formula is C29H25F3N2O5S. The van der Waals surface area contributed by atoms with Crippen LogP contribution >= 0.6 is 0 Å². The molecule has 4 N–H and O–H groups in total. The summed E-state index contributed by atoms with van der Waals surface area (Å²) in [5.74, 6) is -1.42. The van der Waals surface area contributed by atoms with Crippen LogP contribution in [0.25, 0.3) is 11.1 Å². The Bertz CT molecular complexity index is 1590. The van der Waals surface area contributed by atoms with Crippen molar-refractivity contribution in [2.45, 2.75) is 24.0 Å². The highest BCUT2D eigenvalue weighted by atomic mass is 32.2. The summed E-state index contributed by atoms with van der Waals surface area (Å²) in [5, 5.41) is 9.41. The first-order chi connectivity index (χ1) is 18.9. The number of hydrogen-bond acceptors (Lipinski definition) is 4. The highest BCUT2D eigenvalue weighted by molar-refractivity contribution is 7.89. The molecule has 4 rings (SSSR count). The Kier molecular flexibility index (Phi) is 9.81. The molecule has 0 aliphatic heterocycles. The Hall–Kier alpha value is -4.48. The molecule has 0 aliphatic rings. The summed E-state index contributed by atoms with van der Waals surface area (Å²) in [6, 6.07) is 25.7. The van der Waals surface area contributed by atoms with Gasteiger partial charge in [0.15, 0.2) is 0 Å². The van der Waals surface area contributed by atoms with Gasteiger partial charge in [-0.15, -0.1) is 0 Å². The van der Waals surface area contributed by atoms with Crippen LogP contribution in [0.4, 0.5) is 13.2 Å². The number of sulfonamides is 1. The van der Waals surface area contributed by atoms with Crippen LogP contribution in [-0.4, -0.2) is 25.4 Å². The molecule has 0 aliphatic carbocycles. The summed E-state index contributed by atoms with van der Waals surface area (Å²) in [5.41, 5.74) is 6.31. The number of halogens is 3. The van der Waals surface area contributed by atoms with E-state index in [0.717, 1.165) is 23.8 Å². The van der Waals surface area contributed by atoms with E-state index >= 15 is 0 Å². The number of alkyl halides is 3. The number of nitrogens with two attached hydrogens (primary N) is 1. The van der Waals surface area contributed by atoms with Gasteiger partial charge in [0.2, 0.25) is 15.9 Å². The van der Waals surface area contributed by atoms with E-state index in [-0.39, 0.29) is 18.0 Å². The number of carboxylic acids is 1. The number of carbonyl (C=O) groups is 2. The van der Waals surface area contributed by atoms with Crippen molar-refractivity contribution >= 4 is 21.9 Å². The minimum atomic E-state index is -4.67. The highest BCUT2D eigenvalue weighted by Crippen LogP contribution is 2.31. The summed E-state index contributed by atoms with van der Waals surface area (Å²) in [6.07, 6.45) is -4.33. The van der Waals surface area contributed by atoms with Gasteiger partial charge in [-0.1, -0.05) is 78.9 Å². The van der Waals surface area contributed by atoms with Crippen molar-refractivity contribution in [2.24, 2.45) is 5.73 Å². The fourth-order valence-corrected chi connectivity index (χ4v) is 4.79. The number of nitrogens with one attached hydrogen (secondary N) is 1. The standard InChI is InChI=1S/C21H16F3NO4S.C8H9NO/c22-21(23,24)15-7-5-8-16(12-15)30(28,29)25-13-14-6-1-2-9-17(14)18-10-3-4-11-19(18)20(26)27;9-8(10)6-7-4-2-1-3-5-7/h1-12,25H,13H2,(H,26,27);1-5H,6H2,(H2,9,10). The number of amides is 1. The first-order valence-corrected chi connectivity index (χ1v) is 13.3. The van der Waals surface area contributed by atoms with E-state index in [4.69, 9.17) is 5.73 Å². The number of hydrogen-bond donors (Lipinski definition) is 3. The van der Waals surface area contributed by atoms with Crippen molar-refractivity contribution in [1.29, 1.82) is 0 Å². The molecule has 0 fully saturated rings. The molecule has 0 radical (unpaired) electrons. The minimum Gasteiger partial charge on any atom is -0.478 e. The molecule has 1 amide bonds. The summed E-state index contributed by atoms with van der Waals surface area (Å²) in [7, 11) is -4.23. The molecule has 11 heteroatoms. The summed E-state index contributed by atoms with van der Waals surface area (Å²) < 4.78 is 66.0. The Balaban J connectivity index is 0.000000371.